The molecule has 45 heavy (non-hydrogen) atoms. The van der Waals surface area contributed by atoms with Gasteiger partial charge in [0.2, 0.25) is 0 Å². The quantitative estimate of drug-likeness (QED) is 0.280. The summed E-state index contributed by atoms with van der Waals surface area (Å²) in [5.74, 6) is 0.503. The Balaban J connectivity index is 0.000000317. The lowest BCUT2D eigenvalue weighted by Gasteiger charge is -2.47. The van der Waals surface area contributed by atoms with E-state index in [4.69, 9.17) is 9.84 Å². The Bertz CT molecular complexity index is 1250. The highest BCUT2D eigenvalue weighted by atomic mass is 16.5. The minimum Gasteiger partial charge on any atom is -0.507 e. The van der Waals surface area contributed by atoms with Crippen molar-refractivity contribution in [1.29, 1.82) is 0 Å². The van der Waals surface area contributed by atoms with Crippen molar-refractivity contribution >= 4 is 11.9 Å². The van der Waals surface area contributed by atoms with Gasteiger partial charge in [-0.05, 0) is 70.1 Å². The summed E-state index contributed by atoms with van der Waals surface area (Å²) in [6, 6.07) is 4.63. The summed E-state index contributed by atoms with van der Waals surface area (Å²) in [5.41, 5.74) is 3.95. The van der Waals surface area contributed by atoms with E-state index in [0.29, 0.717) is 18.2 Å². The number of aryl methyl sites for hydroxylation is 1. The van der Waals surface area contributed by atoms with E-state index in [1.165, 1.54) is 5.56 Å². The highest BCUT2D eigenvalue weighted by molar-refractivity contribution is 5.78. The van der Waals surface area contributed by atoms with E-state index < -0.39 is 11.6 Å². The molecule has 6 heteroatoms. The van der Waals surface area contributed by atoms with E-state index >= 15 is 0 Å². The Labute approximate surface area is 274 Å². The molecule has 254 valence electrons. The summed E-state index contributed by atoms with van der Waals surface area (Å²) in [7, 11) is 0. The number of carboxylic acid groups (broad SMARTS) is 1. The molecule has 1 aromatic rings. The number of hydrogen-bond donors (Lipinski definition) is 3. The fourth-order valence-corrected chi connectivity index (χ4v) is 6.45. The zero-order valence-corrected chi connectivity index (χ0v) is 30.8. The summed E-state index contributed by atoms with van der Waals surface area (Å²) in [5, 5.41) is 30.8. The van der Waals surface area contributed by atoms with Gasteiger partial charge in [0.05, 0.1) is 11.6 Å². The smallest absolute Gasteiger partial charge is 0.303 e. The topological polar surface area (TPSA) is 99.4 Å². The van der Waals surface area contributed by atoms with Crippen molar-refractivity contribution in [3.8, 4) is 5.75 Å². The van der Waals surface area contributed by atoms with Crippen LogP contribution in [0.25, 0.3) is 0 Å². The third-order valence-electron chi connectivity index (χ3n) is 8.88. The van der Waals surface area contributed by atoms with Gasteiger partial charge >= 0.3 is 5.97 Å². The molecule has 3 rings (SSSR count). The molecule has 0 spiro atoms. The van der Waals surface area contributed by atoms with Crippen molar-refractivity contribution in [3.05, 3.63) is 52.1 Å². The summed E-state index contributed by atoms with van der Waals surface area (Å²) in [6.07, 6.45) is 7.46. The SMILES string of the molecule is CC(C)(C)C1=CC(CCC(=O)O)=CC(C(C)(C)C)C1(C)O.CCC1COC(CCc2cc(C(C)(C)C)c(O)c(C(C)(C)C)c2)=N1. The Morgan fingerprint density at radius 1 is 0.911 bits per heavy atom. The number of phenolic OH excluding ortho intramolecular Hbond substituents is 1. The van der Waals surface area contributed by atoms with Gasteiger partial charge in [-0.25, -0.2) is 4.99 Å². The van der Waals surface area contributed by atoms with E-state index in [2.05, 4.69) is 113 Å². The number of benzene rings is 1. The second-order valence-corrected chi connectivity index (χ2v) is 17.4. The Kier molecular flexibility index (Phi) is 12.0. The molecular formula is C39H63NO5. The number of phenols is 1. The van der Waals surface area contributed by atoms with Crippen molar-refractivity contribution in [2.24, 2.45) is 21.7 Å². The molecule has 0 saturated heterocycles. The highest BCUT2D eigenvalue weighted by Crippen LogP contribution is 2.49. The van der Waals surface area contributed by atoms with E-state index in [9.17, 15) is 15.0 Å². The number of aromatic hydroxyl groups is 1. The molecule has 1 aliphatic heterocycles. The molecule has 6 nitrogen and oxygen atoms in total. The maximum absolute atomic E-state index is 11.1. The lowest BCUT2D eigenvalue weighted by atomic mass is 9.61. The van der Waals surface area contributed by atoms with E-state index in [1.54, 1.807) is 0 Å². The van der Waals surface area contributed by atoms with Crippen LogP contribution in [0, 0.1) is 16.7 Å². The van der Waals surface area contributed by atoms with E-state index in [1.807, 2.05) is 13.0 Å². The van der Waals surface area contributed by atoms with E-state index in [0.717, 1.165) is 54.0 Å². The molecule has 0 saturated carbocycles. The maximum Gasteiger partial charge on any atom is 0.303 e. The van der Waals surface area contributed by atoms with Crippen LogP contribution >= 0.6 is 0 Å². The van der Waals surface area contributed by atoms with Gasteiger partial charge in [0.1, 0.15) is 12.4 Å². The van der Waals surface area contributed by atoms with Crippen molar-refractivity contribution in [2.45, 2.75) is 152 Å². The zero-order chi connectivity index (χ0) is 34.8. The Morgan fingerprint density at radius 3 is 1.84 bits per heavy atom. The number of hydrogen-bond acceptors (Lipinski definition) is 5. The standard InChI is InChI=1S/C21H33NO2.C18H30O3/c1-8-15-13-24-18(22-15)10-9-14-11-16(20(2,3)4)19(23)17(12-14)21(5,6)7;1-16(2,3)13-10-12(8-9-15(19)20)11-14(17(4,5)6)18(13,7)21/h11-12,15,23H,8-10,13H2,1-7H3;10-11,13,21H,8-9H2,1-7H3,(H,19,20). The first-order valence-electron chi connectivity index (χ1n) is 16.7. The fraction of sp³-hybridized carbons (Fsp3) is 0.692. The predicted molar refractivity (Wildman–Crippen MR) is 187 cm³/mol. The second-order valence-electron chi connectivity index (χ2n) is 17.4. The molecule has 3 N–H and O–H groups in total. The van der Waals surface area contributed by atoms with Gasteiger partial charge in [0.25, 0.3) is 0 Å². The van der Waals surface area contributed by atoms with Crippen LogP contribution in [0.3, 0.4) is 0 Å². The fourth-order valence-electron chi connectivity index (χ4n) is 6.45. The van der Waals surface area contributed by atoms with Crippen molar-refractivity contribution in [2.75, 3.05) is 6.61 Å². The van der Waals surface area contributed by atoms with Crippen LogP contribution in [-0.2, 0) is 26.8 Å². The molecule has 1 aliphatic carbocycles. The molecule has 0 aromatic heterocycles. The lowest BCUT2D eigenvalue weighted by Crippen LogP contribution is -2.47. The minimum absolute atomic E-state index is 0.0342. The van der Waals surface area contributed by atoms with Gasteiger partial charge < -0.3 is 20.1 Å². The van der Waals surface area contributed by atoms with Gasteiger partial charge in [0.15, 0.2) is 5.90 Å². The van der Waals surface area contributed by atoms with Crippen LogP contribution < -0.4 is 0 Å². The van der Waals surface area contributed by atoms with Gasteiger partial charge in [0, 0.05) is 18.8 Å². The van der Waals surface area contributed by atoms with Crippen LogP contribution in [0.2, 0.25) is 0 Å². The molecule has 0 amide bonds. The third-order valence-corrected chi connectivity index (χ3v) is 8.88. The first-order chi connectivity index (χ1) is 20.3. The molecular weight excluding hydrogens is 562 g/mol. The molecule has 0 fully saturated rings. The van der Waals surface area contributed by atoms with Crippen LogP contribution in [0.5, 0.6) is 5.75 Å². The number of aliphatic carboxylic acids is 1. The Morgan fingerprint density at radius 2 is 1.44 bits per heavy atom. The van der Waals surface area contributed by atoms with Crippen molar-refractivity contribution in [3.63, 3.8) is 0 Å². The van der Waals surface area contributed by atoms with E-state index in [-0.39, 0.29) is 34.0 Å². The van der Waals surface area contributed by atoms with Crippen molar-refractivity contribution in [1.82, 2.24) is 0 Å². The first kappa shape index (κ1) is 38.6. The predicted octanol–water partition coefficient (Wildman–Crippen LogP) is 9.30. The number of nitrogens with zero attached hydrogens (tertiary/aromatic N) is 1. The number of carboxylic acids is 1. The number of rotatable bonds is 7. The number of aliphatic hydroxyl groups is 1. The van der Waals surface area contributed by atoms with Gasteiger partial charge in [-0.2, -0.15) is 0 Å². The average molecular weight is 626 g/mol. The molecule has 1 aromatic carbocycles. The summed E-state index contributed by atoms with van der Waals surface area (Å²) >= 11 is 0. The van der Waals surface area contributed by atoms with Crippen LogP contribution in [0.1, 0.15) is 139 Å². The van der Waals surface area contributed by atoms with Gasteiger partial charge in [-0.3, -0.25) is 4.79 Å². The molecule has 2 aliphatic rings. The molecule has 0 bridgehead atoms. The van der Waals surface area contributed by atoms with Crippen molar-refractivity contribution < 1.29 is 24.9 Å². The second kappa shape index (κ2) is 14.0. The van der Waals surface area contributed by atoms with Gasteiger partial charge in [-0.15, -0.1) is 0 Å². The number of aliphatic imine (C=N–C) groups is 1. The Hall–Kier alpha value is -2.60. The molecule has 3 atom stereocenters. The highest BCUT2D eigenvalue weighted by Gasteiger charge is 2.46. The normalized spacial score (nSPS) is 22.5. The summed E-state index contributed by atoms with van der Waals surface area (Å²) in [6.45, 7) is 30.2. The monoisotopic (exact) mass is 625 g/mol. The summed E-state index contributed by atoms with van der Waals surface area (Å²) in [4.78, 5) is 15.5. The number of ether oxygens (including phenoxy) is 1. The number of carbonyl (C=O) groups is 1. The average Bonchev–Trinajstić information content (AvgIpc) is 3.32. The summed E-state index contributed by atoms with van der Waals surface area (Å²) < 4.78 is 5.70. The third kappa shape index (κ3) is 10.5. The molecule has 1 heterocycles. The molecule has 3 unspecified atom stereocenters. The van der Waals surface area contributed by atoms with Crippen LogP contribution in [0.15, 0.2) is 40.4 Å². The zero-order valence-electron chi connectivity index (χ0n) is 30.8. The largest absolute Gasteiger partial charge is 0.507 e. The number of allylic oxidation sites excluding steroid dienone is 2. The maximum atomic E-state index is 11.1. The van der Waals surface area contributed by atoms with Crippen LogP contribution in [-0.4, -0.2) is 45.4 Å². The van der Waals surface area contributed by atoms with Gasteiger partial charge in [-0.1, -0.05) is 120 Å². The first-order valence-corrected chi connectivity index (χ1v) is 16.7. The lowest BCUT2D eigenvalue weighted by molar-refractivity contribution is -0.136. The van der Waals surface area contributed by atoms with Crippen LogP contribution in [0.4, 0.5) is 0 Å². The molecule has 0 radical (unpaired) electrons. The minimum atomic E-state index is -0.913.